The lowest BCUT2D eigenvalue weighted by Crippen LogP contribution is -2.24. The van der Waals surface area contributed by atoms with E-state index in [0.29, 0.717) is 5.75 Å². The third-order valence-electron chi connectivity index (χ3n) is 3.08. The van der Waals surface area contributed by atoms with E-state index in [2.05, 4.69) is 4.74 Å². The minimum absolute atomic E-state index is 0.136. The van der Waals surface area contributed by atoms with Gasteiger partial charge in [0, 0.05) is 6.04 Å². The van der Waals surface area contributed by atoms with Crippen LogP contribution in [0.2, 0.25) is 0 Å². The van der Waals surface area contributed by atoms with Gasteiger partial charge in [-0.05, 0) is 43.0 Å². The van der Waals surface area contributed by atoms with Gasteiger partial charge < -0.3 is 15.2 Å². The maximum Gasteiger partial charge on any atom is 0.346 e. The number of esters is 1. The van der Waals surface area contributed by atoms with Crippen LogP contribution in [-0.2, 0) is 16.0 Å². The van der Waals surface area contributed by atoms with Crippen molar-refractivity contribution >= 4 is 5.97 Å². The molecular weight excluding hydrogens is 218 g/mol. The molecule has 2 unspecified atom stereocenters. The Labute approximate surface area is 101 Å². The summed E-state index contributed by atoms with van der Waals surface area (Å²) < 4.78 is 10.1. The SMILES string of the molecule is COC(=O)C(C)Oc1ccc2c(c1)CCC2N. The third-order valence-corrected chi connectivity index (χ3v) is 3.08. The zero-order valence-corrected chi connectivity index (χ0v) is 10.1. The van der Waals surface area contributed by atoms with E-state index in [0.717, 1.165) is 12.8 Å². The first-order chi connectivity index (χ1) is 8.11. The van der Waals surface area contributed by atoms with E-state index in [1.165, 1.54) is 18.2 Å². The molecule has 0 spiro atoms. The molecule has 2 rings (SSSR count). The van der Waals surface area contributed by atoms with Gasteiger partial charge in [0.1, 0.15) is 5.75 Å². The average Bonchev–Trinajstić information content (AvgIpc) is 2.69. The molecule has 0 amide bonds. The summed E-state index contributed by atoms with van der Waals surface area (Å²) >= 11 is 0. The molecule has 0 radical (unpaired) electrons. The average molecular weight is 235 g/mol. The summed E-state index contributed by atoms with van der Waals surface area (Å²) in [6.45, 7) is 1.67. The minimum Gasteiger partial charge on any atom is -0.479 e. The van der Waals surface area contributed by atoms with Crippen molar-refractivity contribution < 1.29 is 14.3 Å². The molecule has 92 valence electrons. The van der Waals surface area contributed by atoms with Crippen molar-refractivity contribution in [3.05, 3.63) is 29.3 Å². The number of fused-ring (bicyclic) bond motifs is 1. The van der Waals surface area contributed by atoms with E-state index >= 15 is 0 Å². The van der Waals surface area contributed by atoms with Crippen LogP contribution in [0.3, 0.4) is 0 Å². The molecule has 1 aliphatic carbocycles. The highest BCUT2D eigenvalue weighted by Crippen LogP contribution is 2.32. The molecule has 0 bridgehead atoms. The van der Waals surface area contributed by atoms with Gasteiger partial charge in [0.25, 0.3) is 0 Å². The lowest BCUT2D eigenvalue weighted by molar-refractivity contribution is -0.147. The van der Waals surface area contributed by atoms with E-state index in [4.69, 9.17) is 10.5 Å². The molecular formula is C13H17NO3. The number of aryl methyl sites for hydroxylation is 1. The fourth-order valence-electron chi connectivity index (χ4n) is 2.12. The van der Waals surface area contributed by atoms with E-state index in [9.17, 15) is 4.79 Å². The van der Waals surface area contributed by atoms with Crippen molar-refractivity contribution in [2.24, 2.45) is 5.73 Å². The Morgan fingerprint density at radius 1 is 1.53 bits per heavy atom. The number of hydrogen-bond acceptors (Lipinski definition) is 4. The van der Waals surface area contributed by atoms with E-state index in [-0.39, 0.29) is 12.0 Å². The quantitative estimate of drug-likeness (QED) is 0.808. The van der Waals surface area contributed by atoms with Gasteiger partial charge in [0.2, 0.25) is 0 Å². The summed E-state index contributed by atoms with van der Waals surface area (Å²) in [7, 11) is 1.35. The molecule has 0 fully saturated rings. The van der Waals surface area contributed by atoms with Crippen LogP contribution in [0.25, 0.3) is 0 Å². The second-order valence-corrected chi connectivity index (χ2v) is 4.29. The second kappa shape index (κ2) is 4.75. The van der Waals surface area contributed by atoms with Crippen LogP contribution < -0.4 is 10.5 Å². The number of carbonyl (C=O) groups excluding carboxylic acids is 1. The molecule has 0 aromatic heterocycles. The fourth-order valence-corrected chi connectivity index (χ4v) is 2.12. The Kier molecular flexibility index (Phi) is 3.33. The number of nitrogens with two attached hydrogens (primary N) is 1. The first-order valence-corrected chi connectivity index (χ1v) is 5.74. The summed E-state index contributed by atoms with van der Waals surface area (Å²) in [4.78, 5) is 11.2. The van der Waals surface area contributed by atoms with Gasteiger partial charge in [0.05, 0.1) is 7.11 Å². The van der Waals surface area contributed by atoms with E-state index < -0.39 is 6.10 Å². The molecule has 0 heterocycles. The Morgan fingerprint density at radius 2 is 2.29 bits per heavy atom. The van der Waals surface area contributed by atoms with Crippen molar-refractivity contribution in [1.29, 1.82) is 0 Å². The molecule has 2 atom stereocenters. The minimum atomic E-state index is -0.590. The summed E-state index contributed by atoms with van der Waals surface area (Å²) in [5.41, 5.74) is 8.35. The highest BCUT2D eigenvalue weighted by Gasteiger charge is 2.20. The van der Waals surface area contributed by atoms with Crippen molar-refractivity contribution in [3.8, 4) is 5.75 Å². The van der Waals surface area contributed by atoms with Gasteiger partial charge in [-0.3, -0.25) is 0 Å². The van der Waals surface area contributed by atoms with Crippen molar-refractivity contribution in [3.63, 3.8) is 0 Å². The van der Waals surface area contributed by atoms with Gasteiger partial charge in [0.15, 0.2) is 6.10 Å². The predicted molar refractivity (Wildman–Crippen MR) is 63.8 cm³/mol. The standard InChI is InChI=1S/C13H17NO3/c1-8(13(15)16-2)17-10-4-5-11-9(7-10)3-6-12(11)14/h4-5,7-8,12H,3,6,14H2,1-2H3. The summed E-state index contributed by atoms with van der Waals surface area (Å²) in [5.74, 6) is 0.318. The lowest BCUT2D eigenvalue weighted by atomic mass is 10.1. The lowest BCUT2D eigenvalue weighted by Gasteiger charge is -2.13. The number of hydrogen-bond donors (Lipinski definition) is 1. The Morgan fingerprint density at radius 3 is 3.00 bits per heavy atom. The summed E-state index contributed by atoms with van der Waals surface area (Å²) in [5, 5.41) is 0. The van der Waals surface area contributed by atoms with Gasteiger partial charge in [-0.15, -0.1) is 0 Å². The molecule has 0 aliphatic heterocycles. The van der Waals surface area contributed by atoms with Crippen LogP contribution in [-0.4, -0.2) is 19.2 Å². The first kappa shape index (κ1) is 11.9. The normalized spacial score (nSPS) is 19.6. The molecule has 1 aromatic rings. The monoisotopic (exact) mass is 235 g/mol. The molecule has 4 nitrogen and oxygen atoms in total. The Bertz CT molecular complexity index is 431. The van der Waals surface area contributed by atoms with Crippen molar-refractivity contribution in [2.75, 3.05) is 7.11 Å². The second-order valence-electron chi connectivity index (χ2n) is 4.29. The molecule has 17 heavy (non-hydrogen) atoms. The molecule has 4 heteroatoms. The van der Waals surface area contributed by atoms with Crippen LogP contribution >= 0.6 is 0 Å². The number of rotatable bonds is 3. The maximum atomic E-state index is 11.2. The first-order valence-electron chi connectivity index (χ1n) is 5.74. The topological polar surface area (TPSA) is 61.5 Å². The molecule has 0 saturated heterocycles. The molecule has 0 saturated carbocycles. The highest BCUT2D eigenvalue weighted by atomic mass is 16.6. The molecule has 2 N–H and O–H groups in total. The zero-order valence-electron chi connectivity index (χ0n) is 10.1. The number of methoxy groups -OCH3 is 1. The number of carbonyl (C=O) groups is 1. The predicted octanol–water partition coefficient (Wildman–Crippen LogP) is 1.57. The van der Waals surface area contributed by atoms with Crippen molar-refractivity contribution in [2.45, 2.75) is 31.9 Å². The zero-order chi connectivity index (χ0) is 12.4. The largest absolute Gasteiger partial charge is 0.479 e. The van der Waals surface area contributed by atoms with Gasteiger partial charge >= 0.3 is 5.97 Å². The van der Waals surface area contributed by atoms with Crippen molar-refractivity contribution in [1.82, 2.24) is 0 Å². The fraction of sp³-hybridized carbons (Fsp3) is 0.462. The van der Waals surface area contributed by atoms with Gasteiger partial charge in [-0.2, -0.15) is 0 Å². The van der Waals surface area contributed by atoms with E-state index in [1.54, 1.807) is 6.92 Å². The highest BCUT2D eigenvalue weighted by molar-refractivity contribution is 5.74. The summed E-state index contributed by atoms with van der Waals surface area (Å²) in [6, 6.07) is 5.93. The van der Waals surface area contributed by atoms with Crippen LogP contribution in [0.15, 0.2) is 18.2 Å². The third kappa shape index (κ3) is 2.42. The summed E-state index contributed by atoms with van der Waals surface area (Å²) in [6.07, 6.45) is 1.36. The van der Waals surface area contributed by atoms with Gasteiger partial charge in [-0.1, -0.05) is 6.07 Å². The maximum absolute atomic E-state index is 11.2. The van der Waals surface area contributed by atoms with Crippen LogP contribution in [0, 0.1) is 0 Å². The molecule has 1 aliphatic rings. The number of benzene rings is 1. The smallest absolute Gasteiger partial charge is 0.346 e. The Hall–Kier alpha value is -1.55. The Balaban J connectivity index is 2.11. The van der Waals surface area contributed by atoms with Crippen LogP contribution in [0.4, 0.5) is 0 Å². The molecule has 1 aromatic carbocycles. The van der Waals surface area contributed by atoms with E-state index in [1.807, 2.05) is 18.2 Å². The number of ether oxygens (including phenoxy) is 2. The van der Waals surface area contributed by atoms with Crippen LogP contribution in [0.5, 0.6) is 5.75 Å². The van der Waals surface area contributed by atoms with Gasteiger partial charge in [-0.25, -0.2) is 4.79 Å². The van der Waals surface area contributed by atoms with Crippen LogP contribution in [0.1, 0.15) is 30.5 Å².